The first-order valence-corrected chi connectivity index (χ1v) is 6.86. The Kier molecular flexibility index (Phi) is 4.39. The summed E-state index contributed by atoms with van der Waals surface area (Å²) in [5, 5.41) is 4.06. The highest BCUT2D eigenvalue weighted by Gasteiger charge is 2.30. The van der Waals surface area contributed by atoms with Crippen LogP contribution >= 0.6 is 0 Å². The summed E-state index contributed by atoms with van der Waals surface area (Å²) in [4.78, 5) is 27.5. The number of piperazine rings is 1. The van der Waals surface area contributed by atoms with Crippen molar-refractivity contribution in [3.8, 4) is 0 Å². The van der Waals surface area contributed by atoms with Crippen molar-refractivity contribution in [2.75, 3.05) is 24.5 Å². The van der Waals surface area contributed by atoms with Crippen LogP contribution in [-0.4, -0.2) is 52.2 Å². The third-order valence-corrected chi connectivity index (χ3v) is 3.45. The number of amides is 2. The number of aromatic nitrogens is 2. The summed E-state index contributed by atoms with van der Waals surface area (Å²) in [5.41, 5.74) is 6.59. The molecule has 110 valence electrons. The Morgan fingerprint density at radius 2 is 2.25 bits per heavy atom. The molecule has 0 bridgehead atoms. The van der Waals surface area contributed by atoms with E-state index in [4.69, 9.17) is 5.73 Å². The van der Waals surface area contributed by atoms with Gasteiger partial charge in [-0.3, -0.25) is 14.3 Å². The number of nitrogens with two attached hydrogens (primary N) is 1. The number of rotatable bonds is 4. The van der Waals surface area contributed by atoms with Crippen LogP contribution in [0.2, 0.25) is 0 Å². The van der Waals surface area contributed by atoms with E-state index in [2.05, 4.69) is 5.10 Å². The van der Waals surface area contributed by atoms with Crippen LogP contribution < -0.4 is 10.6 Å². The smallest absolute Gasteiger partial charge is 0.246 e. The monoisotopic (exact) mass is 279 g/mol. The van der Waals surface area contributed by atoms with Crippen LogP contribution in [0, 0.1) is 0 Å². The quantitative estimate of drug-likeness (QED) is 0.821. The van der Waals surface area contributed by atoms with Crippen LogP contribution in [0.5, 0.6) is 0 Å². The summed E-state index contributed by atoms with van der Waals surface area (Å²) in [7, 11) is 1.80. The van der Waals surface area contributed by atoms with Crippen molar-refractivity contribution in [2.45, 2.75) is 25.8 Å². The molecule has 7 heteroatoms. The van der Waals surface area contributed by atoms with Gasteiger partial charge in [0.2, 0.25) is 11.8 Å². The maximum Gasteiger partial charge on any atom is 0.246 e. The lowest BCUT2D eigenvalue weighted by Gasteiger charge is -2.34. The second kappa shape index (κ2) is 6.04. The molecule has 2 rings (SSSR count). The average molecular weight is 279 g/mol. The zero-order chi connectivity index (χ0) is 14.7. The third kappa shape index (κ3) is 2.98. The van der Waals surface area contributed by atoms with Crippen molar-refractivity contribution in [2.24, 2.45) is 12.8 Å². The largest absolute Gasteiger partial charge is 0.330 e. The zero-order valence-electron chi connectivity index (χ0n) is 12.0. The van der Waals surface area contributed by atoms with Crippen molar-refractivity contribution in [3.05, 3.63) is 12.4 Å². The summed E-state index contributed by atoms with van der Waals surface area (Å²) in [5.74, 6) is -0.229. The summed E-state index contributed by atoms with van der Waals surface area (Å²) >= 11 is 0. The van der Waals surface area contributed by atoms with Crippen molar-refractivity contribution < 1.29 is 9.59 Å². The molecule has 1 atom stereocenters. The molecule has 0 aromatic carbocycles. The van der Waals surface area contributed by atoms with Crippen LogP contribution in [0.25, 0.3) is 0 Å². The van der Waals surface area contributed by atoms with Crippen molar-refractivity contribution in [3.63, 3.8) is 0 Å². The molecule has 2 N–H and O–H groups in total. The Hall–Kier alpha value is -1.89. The molecule has 1 unspecified atom stereocenters. The van der Waals surface area contributed by atoms with Crippen LogP contribution in [0.1, 0.15) is 19.8 Å². The molecule has 1 aromatic heterocycles. The highest BCUT2D eigenvalue weighted by Crippen LogP contribution is 2.16. The predicted octanol–water partition coefficient (Wildman–Crippen LogP) is -0.277. The molecule has 20 heavy (non-hydrogen) atoms. The molecule has 2 amide bonds. The number of hydrogen-bond acceptors (Lipinski definition) is 4. The second-order valence-electron chi connectivity index (χ2n) is 5.07. The summed E-state index contributed by atoms with van der Waals surface area (Å²) < 4.78 is 1.65. The Bertz CT molecular complexity index is 499. The number of hydrogen-bond donors (Lipinski definition) is 1. The fourth-order valence-electron chi connectivity index (χ4n) is 2.35. The van der Waals surface area contributed by atoms with Crippen LogP contribution in [-0.2, 0) is 16.6 Å². The SMILES string of the molecule is CCCC(N)C(=O)N1CCN(c2cnn(C)c2)C(=O)C1. The number of aryl methyl sites for hydroxylation is 1. The van der Waals surface area contributed by atoms with Gasteiger partial charge in [-0.05, 0) is 6.42 Å². The molecule has 0 aliphatic carbocycles. The van der Waals surface area contributed by atoms with Crippen LogP contribution in [0.3, 0.4) is 0 Å². The van der Waals surface area contributed by atoms with Gasteiger partial charge in [-0.15, -0.1) is 0 Å². The Labute approximate surface area is 118 Å². The van der Waals surface area contributed by atoms with Gasteiger partial charge in [-0.2, -0.15) is 5.10 Å². The lowest BCUT2D eigenvalue weighted by molar-refractivity contribution is -0.138. The molecular formula is C13H21N5O2. The number of anilines is 1. The third-order valence-electron chi connectivity index (χ3n) is 3.45. The lowest BCUT2D eigenvalue weighted by Crippen LogP contribution is -2.55. The number of carbonyl (C=O) groups is 2. The minimum Gasteiger partial charge on any atom is -0.330 e. The number of carbonyl (C=O) groups excluding carboxylic acids is 2. The van der Waals surface area contributed by atoms with Gasteiger partial charge in [-0.1, -0.05) is 13.3 Å². The van der Waals surface area contributed by atoms with Crippen molar-refractivity contribution in [1.82, 2.24) is 14.7 Å². The van der Waals surface area contributed by atoms with Gasteiger partial charge in [0.1, 0.15) is 6.54 Å². The van der Waals surface area contributed by atoms with E-state index >= 15 is 0 Å². The van der Waals surface area contributed by atoms with E-state index in [0.29, 0.717) is 19.5 Å². The lowest BCUT2D eigenvalue weighted by atomic mass is 10.1. The van der Waals surface area contributed by atoms with E-state index in [9.17, 15) is 9.59 Å². The van der Waals surface area contributed by atoms with Crippen LogP contribution in [0.4, 0.5) is 5.69 Å². The fourth-order valence-corrected chi connectivity index (χ4v) is 2.35. The highest BCUT2D eigenvalue weighted by molar-refractivity contribution is 5.98. The minimum absolute atomic E-state index is 0.0884. The van der Waals surface area contributed by atoms with Gasteiger partial charge in [0.25, 0.3) is 0 Å². The summed E-state index contributed by atoms with van der Waals surface area (Å²) in [6, 6.07) is -0.502. The van der Waals surface area contributed by atoms with Gasteiger partial charge in [0, 0.05) is 26.3 Å². The van der Waals surface area contributed by atoms with Gasteiger partial charge >= 0.3 is 0 Å². The summed E-state index contributed by atoms with van der Waals surface area (Å²) in [6.45, 7) is 3.07. The molecule has 0 radical (unpaired) electrons. The molecule has 1 aliphatic rings. The first-order valence-electron chi connectivity index (χ1n) is 6.86. The number of nitrogens with zero attached hydrogens (tertiary/aromatic N) is 4. The van der Waals surface area contributed by atoms with E-state index in [1.54, 1.807) is 33.9 Å². The van der Waals surface area contributed by atoms with Gasteiger partial charge in [0.15, 0.2) is 0 Å². The highest BCUT2D eigenvalue weighted by atomic mass is 16.2. The first-order chi connectivity index (χ1) is 9.52. The maximum atomic E-state index is 12.2. The van der Waals surface area contributed by atoms with Crippen molar-refractivity contribution >= 4 is 17.5 Å². The van der Waals surface area contributed by atoms with Crippen LogP contribution in [0.15, 0.2) is 12.4 Å². The first kappa shape index (κ1) is 14.5. The maximum absolute atomic E-state index is 12.2. The topological polar surface area (TPSA) is 84.5 Å². The fraction of sp³-hybridized carbons (Fsp3) is 0.615. The molecule has 1 aliphatic heterocycles. The van der Waals surface area contributed by atoms with E-state index in [1.165, 1.54) is 0 Å². The molecule has 1 saturated heterocycles. The molecule has 1 fully saturated rings. The van der Waals surface area contributed by atoms with E-state index < -0.39 is 6.04 Å². The van der Waals surface area contributed by atoms with Crippen molar-refractivity contribution in [1.29, 1.82) is 0 Å². The van der Waals surface area contributed by atoms with E-state index in [0.717, 1.165) is 12.1 Å². The Morgan fingerprint density at radius 3 is 2.80 bits per heavy atom. The summed E-state index contributed by atoms with van der Waals surface area (Å²) in [6.07, 6.45) is 4.95. The zero-order valence-corrected chi connectivity index (χ0v) is 12.0. The molecule has 2 heterocycles. The second-order valence-corrected chi connectivity index (χ2v) is 5.07. The van der Waals surface area contributed by atoms with E-state index in [-0.39, 0.29) is 18.4 Å². The Balaban J connectivity index is 1.99. The Morgan fingerprint density at radius 1 is 1.50 bits per heavy atom. The van der Waals surface area contributed by atoms with Gasteiger partial charge < -0.3 is 15.5 Å². The molecule has 7 nitrogen and oxygen atoms in total. The predicted molar refractivity (Wildman–Crippen MR) is 75.0 cm³/mol. The average Bonchev–Trinajstić information content (AvgIpc) is 2.84. The molecule has 0 saturated carbocycles. The molecule has 1 aromatic rings. The standard InChI is InChI=1S/C13H21N5O2/c1-3-4-11(14)13(20)17-5-6-18(12(19)9-17)10-7-15-16(2)8-10/h7-8,11H,3-6,9,14H2,1-2H3. The van der Waals surface area contributed by atoms with E-state index in [1.807, 2.05) is 6.92 Å². The molecular weight excluding hydrogens is 258 g/mol. The minimum atomic E-state index is -0.502. The van der Waals surface area contributed by atoms with Gasteiger partial charge in [-0.25, -0.2) is 0 Å². The molecule has 0 spiro atoms. The normalized spacial score (nSPS) is 17.4. The van der Waals surface area contributed by atoms with Gasteiger partial charge in [0.05, 0.1) is 17.9 Å².